The quantitative estimate of drug-likeness (QED) is 0.449. The Morgan fingerprint density at radius 3 is 2.38 bits per heavy atom. The molecule has 0 radical (unpaired) electrons. The molecule has 0 saturated heterocycles. The molecule has 0 heterocycles. The lowest BCUT2D eigenvalue weighted by molar-refractivity contribution is -0.138. The predicted octanol–water partition coefficient (Wildman–Crippen LogP) is 0.315. The normalized spacial score (nSPS) is 25.6. The molecule has 1 aliphatic carbocycles. The molecule has 0 aromatic heterocycles. The van der Waals surface area contributed by atoms with Gasteiger partial charge in [0.15, 0.2) is 5.83 Å². The van der Waals surface area contributed by atoms with Gasteiger partial charge in [-0.05, 0) is 12.5 Å². The Labute approximate surface area is 46.3 Å². The zero-order valence-electron chi connectivity index (χ0n) is 4.26. The van der Waals surface area contributed by atoms with Crippen molar-refractivity contribution in [3.63, 3.8) is 0 Å². The Morgan fingerprint density at radius 1 is 1.62 bits per heavy atom. The molecule has 0 saturated carbocycles. The molecule has 0 unspecified atom stereocenters. The Balaban J connectivity index is 2.73. The Morgan fingerprint density at radius 2 is 2.25 bits per heavy atom. The molecular weight excluding hydrogens is 111 g/mol. The van der Waals surface area contributed by atoms with Gasteiger partial charge in [-0.1, -0.05) is 0 Å². The van der Waals surface area contributed by atoms with Crippen LogP contribution >= 0.6 is 0 Å². The SMILES string of the molecule is OC1(O)CCC=C1F. The smallest absolute Gasteiger partial charge is 0.216 e. The summed E-state index contributed by atoms with van der Waals surface area (Å²) < 4.78 is 12.1. The van der Waals surface area contributed by atoms with Gasteiger partial charge in [-0.2, -0.15) is 0 Å². The number of allylic oxidation sites excluding steroid dienone is 1. The van der Waals surface area contributed by atoms with Gasteiger partial charge in [0.05, 0.1) is 0 Å². The third kappa shape index (κ3) is 0.743. The molecule has 0 amide bonds. The highest BCUT2D eigenvalue weighted by Gasteiger charge is 2.32. The van der Waals surface area contributed by atoms with Crippen molar-refractivity contribution in [3.8, 4) is 0 Å². The molecule has 0 atom stereocenters. The number of hydrogen-bond acceptors (Lipinski definition) is 2. The number of aliphatic hydroxyl groups is 2. The molecule has 0 bridgehead atoms. The van der Waals surface area contributed by atoms with Crippen molar-refractivity contribution < 1.29 is 14.6 Å². The van der Waals surface area contributed by atoms with Crippen molar-refractivity contribution in [2.24, 2.45) is 0 Å². The summed E-state index contributed by atoms with van der Waals surface area (Å²) in [5, 5.41) is 17.2. The minimum atomic E-state index is -2.15. The van der Waals surface area contributed by atoms with Crippen LogP contribution in [0.3, 0.4) is 0 Å². The molecular formula is C5H7FO2. The number of hydrogen-bond donors (Lipinski definition) is 2. The first-order chi connectivity index (χ1) is 3.63. The summed E-state index contributed by atoms with van der Waals surface area (Å²) in [6.07, 6.45) is 1.68. The zero-order chi connectivity index (χ0) is 6.20. The predicted molar refractivity (Wildman–Crippen MR) is 25.6 cm³/mol. The minimum absolute atomic E-state index is 0.0822. The fraction of sp³-hybridized carbons (Fsp3) is 0.600. The van der Waals surface area contributed by atoms with Crippen LogP contribution in [-0.2, 0) is 0 Å². The van der Waals surface area contributed by atoms with Gasteiger partial charge in [-0.25, -0.2) is 4.39 Å². The Hall–Kier alpha value is -0.410. The van der Waals surface area contributed by atoms with Crippen molar-refractivity contribution in [2.75, 3.05) is 0 Å². The molecule has 2 nitrogen and oxygen atoms in total. The molecule has 8 heavy (non-hydrogen) atoms. The van der Waals surface area contributed by atoms with Crippen molar-refractivity contribution in [1.29, 1.82) is 0 Å². The number of rotatable bonds is 0. The van der Waals surface area contributed by atoms with Crippen molar-refractivity contribution >= 4 is 0 Å². The standard InChI is InChI=1S/C5H7FO2/c6-4-2-1-3-5(4,7)8/h2,7-8H,1,3H2. The molecule has 0 aliphatic heterocycles. The molecule has 46 valence electrons. The summed E-state index contributed by atoms with van der Waals surface area (Å²) in [6.45, 7) is 0. The van der Waals surface area contributed by atoms with Crippen LogP contribution in [0.15, 0.2) is 11.9 Å². The highest BCUT2D eigenvalue weighted by Crippen LogP contribution is 2.27. The summed E-state index contributed by atoms with van der Waals surface area (Å²) in [5.74, 6) is -2.97. The van der Waals surface area contributed by atoms with E-state index in [-0.39, 0.29) is 6.42 Å². The van der Waals surface area contributed by atoms with Crippen LogP contribution < -0.4 is 0 Å². The average Bonchev–Trinajstić information content (AvgIpc) is 1.86. The van der Waals surface area contributed by atoms with Gasteiger partial charge >= 0.3 is 0 Å². The van der Waals surface area contributed by atoms with Crippen LogP contribution in [0, 0.1) is 0 Å². The molecule has 0 spiro atoms. The van der Waals surface area contributed by atoms with E-state index in [0.717, 1.165) is 0 Å². The van der Waals surface area contributed by atoms with Crippen molar-refractivity contribution in [2.45, 2.75) is 18.6 Å². The maximum Gasteiger partial charge on any atom is 0.216 e. The first kappa shape index (κ1) is 5.72. The van der Waals surface area contributed by atoms with E-state index in [1.54, 1.807) is 0 Å². The van der Waals surface area contributed by atoms with E-state index >= 15 is 0 Å². The van der Waals surface area contributed by atoms with E-state index in [2.05, 4.69) is 0 Å². The summed E-state index contributed by atoms with van der Waals surface area (Å²) in [6, 6.07) is 0. The van der Waals surface area contributed by atoms with Crippen molar-refractivity contribution in [1.82, 2.24) is 0 Å². The molecule has 1 aliphatic rings. The highest BCUT2D eigenvalue weighted by atomic mass is 19.1. The van der Waals surface area contributed by atoms with Gasteiger partial charge in [-0.3, -0.25) is 0 Å². The first-order valence-electron chi connectivity index (χ1n) is 2.44. The lowest BCUT2D eigenvalue weighted by atomic mass is 10.2. The summed E-state index contributed by atoms with van der Waals surface area (Å²) in [5.41, 5.74) is 0. The second-order valence-electron chi connectivity index (χ2n) is 1.91. The molecule has 0 aromatic carbocycles. The van der Waals surface area contributed by atoms with Gasteiger partial charge in [0.2, 0.25) is 5.79 Å². The van der Waals surface area contributed by atoms with Gasteiger partial charge in [0.25, 0.3) is 0 Å². The third-order valence-corrected chi connectivity index (χ3v) is 1.20. The van der Waals surface area contributed by atoms with E-state index in [1.807, 2.05) is 0 Å². The van der Waals surface area contributed by atoms with Gasteiger partial charge < -0.3 is 10.2 Å². The van der Waals surface area contributed by atoms with Crippen molar-refractivity contribution in [3.05, 3.63) is 11.9 Å². The number of halogens is 1. The Bertz CT molecular complexity index is 128. The second-order valence-corrected chi connectivity index (χ2v) is 1.91. The maximum absolute atomic E-state index is 12.1. The average molecular weight is 118 g/mol. The second kappa shape index (κ2) is 1.53. The van der Waals surface area contributed by atoms with Gasteiger partial charge in [0.1, 0.15) is 0 Å². The van der Waals surface area contributed by atoms with E-state index in [1.165, 1.54) is 6.08 Å². The van der Waals surface area contributed by atoms with Crippen LogP contribution in [0.1, 0.15) is 12.8 Å². The fourth-order valence-electron chi connectivity index (χ4n) is 0.683. The maximum atomic E-state index is 12.1. The minimum Gasteiger partial charge on any atom is -0.360 e. The van der Waals surface area contributed by atoms with E-state index in [4.69, 9.17) is 10.2 Å². The lowest BCUT2D eigenvalue weighted by Gasteiger charge is -2.11. The zero-order valence-corrected chi connectivity index (χ0v) is 4.26. The van der Waals surface area contributed by atoms with Crippen LogP contribution in [0.4, 0.5) is 4.39 Å². The van der Waals surface area contributed by atoms with E-state index in [0.29, 0.717) is 6.42 Å². The lowest BCUT2D eigenvalue weighted by Crippen LogP contribution is -2.24. The molecule has 2 N–H and O–H groups in total. The van der Waals surface area contributed by atoms with Gasteiger partial charge in [0, 0.05) is 6.42 Å². The summed E-state index contributed by atoms with van der Waals surface area (Å²) in [7, 11) is 0. The summed E-state index contributed by atoms with van der Waals surface area (Å²) in [4.78, 5) is 0. The molecule has 0 fully saturated rings. The highest BCUT2D eigenvalue weighted by molar-refractivity contribution is 5.09. The fourth-order valence-corrected chi connectivity index (χ4v) is 0.683. The molecule has 3 heteroatoms. The van der Waals surface area contributed by atoms with Gasteiger partial charge in [-0.15, -0.1) is 0 Å². The van der Waals surface area contributed by atoms with E-state index < -0.39 is 11.6 Å². The van der Waals surface area contributed by atoms with Crippen LogP contribution in [0.2, 0.25) is 0 Å². The third-order valence-electron chi connectivity index (χ3n) is 1.20. The van der Waals surface area contributed by atoms with Crippen LogP contribution in [0.5, 0.6) is 0 Å². The largest absolute Gasteiger partial charge is 0.360 e. The molecule has 1 rings (SSSR count). The van der Waals surface area contributed by atoms with Crippen LogP contribution in [-0.4, -0.2) is 16.0 Å². The van der Waals surface area contributed by atoms with E-state index in [9.17, 15) is 4.39 Å². The summed E-state index contributed by atoms with van der Waals surface area (Å²) >= 11 is 0. The molecule has 0 aromatic rings. The monoisotopic (exact) mass is 118 g/mol. The van der Waals surface area contributed by atoms with Crippen LogP contribution in [0.25, 0.3) is 0 Å². The Kier molecular flexibility index (Phi) is 1.10. The first-order valence-corrected chi connectivity index (χ1v) is 2.44. The topological polar surface area (TPSA) is 40.5 Å².